The Balaban J connectivity index is 0. The number of carbonyl (C=O) groups excluding carboxylic acids is 1. The minimum atomic E-state index is -0.555. The fourth-order valence-corrected chi connectivity index (χ4v) is 0.829. The lowest BCUT2D eigenvalue weighted by molar-refractivity contribution is -0.870. The van der Waals surface area contributed by atoms with Gasteiger partial charge in [0.1, 0.15) is 0 Å². The first-order valence-electron chi connectivity index (χ1n) is 4.20. The monoisotopic (exact) mass is 223 g/mol. The Morgan fingerprint density at radius 2 is 1.93 bits per heavy atom. The van der Waals surface area contributed by atoms with E-state index in [0.29, 0.717) is 17.6 Å². The summed E-state index contributed by atoms with van der Waals surface area (Å²) in [7, 11) is 5.66. The Bertz CT molecular complexity index is 209. The Kier molecular flexibility index (Phi) is 7.50. The van der Waals surface area contributed by atoms with E-state index >= 15 is 0 Å². The van der Waals surface area contributed by atoms with Crippen LogP contribution in [0.2, 0.25) is 0 Å². The van der Waals surface area contributed by atoms with Crippen molar-refractivity contribution < 1.29 is 19.1 Å². The highest BCUT2D eigenvalue weighted by molar-refractivity contribution is 5.85. The summed E-state index contributed by atoms with van der Waals surface area (Å²) in [6.07, 6.45) is 1.01. The summed E-state index contributed by atoms with van der Waals surface area (Å²) in [5.74, 6) is -0.757. The predicted octanol–water partition coefficient (Wildman–Crippen LogP) is -0.0783. The van der Waals surface area contributed by atoms with E-state index in [1.165, 1.54) is 0 Å². The average molecular weight is 224 g/mol. The van der Waals surface area contributed by atoms with Crippen molar-refractivity contribution in [2.24, 2.45) is 0 Å². The highest BCUT2D eigenvalue weighted by atomic mass is 35.5. The maximum absolute atomic E-state index is 11.2. The van der Waals surface area contributed by atoms with Crippen molar-refractivity contribution in [3.8, 4) is 0 Å². The zero-order valence-electron chi connectivity index (χ0n) is 9.07. The molecule has 0 heterocycles. The molecule has 0 rings (SSSR count). The van der Waals surface area contributed by atoms with Crippen LogP contribution in [0.3, 0.4) is 0 Å². The molecule has 0 aliphatic carbocycles. The van der Waals surface area contributed by atoms with Gasteiger partial charge in [0, 0.05) is 6.08 Å². The molecule has 0 fully saturated rings. The summed E-state index contributed by atoms with van der Waals surface area (Å²) in [5, 5.41) is 11.2. The third kappa shape index (κ3) is 9.35. The quantitative estimate of drug-likeness (QED) is 0.290. The minimum absolute atomic E-state index is 0. The molecule has 0 aromatic rings. The molecular weight excluding hydrogens is 206 g/mol. The fourth-order valence-electron chi connectivity index (χ4n) is 0.829. The molecule has 0 unspecified atom stereocenters. The van der Waals surface area contributed by atoms with E-state index in [1.54, 1.807) is 6.92 Å². The van der Waals surface area contributed by atoms with E-state index in [1.807, 2.05) is 21.1 Å². The highest BCUT2D eigenvalue weighted by Crippen LogP contribution is 1.95. The van der Waals surface area contributed by atoms with E-state index in [0.717, 1.165) is 6.08 Å². The van der Waals surface area contributed by atoms with Gasteiger partial charge in [-0.15, -0.1) is 12.4 Å². The molecule has 0 aliphatic heterocycles. The Morgan fingerprint density at radius 3 is 2.29 bits per heavy atom. The molecule has 0 bridgehead atoms. The van der Waals surface area contributed by atoms with Gasteiger partial charge in [-0.1, -0.05) is 5.76 Å². The van der Waals surface area contributed by atoms with Crippen LogP contribution in [-0.2, 0) is 9.53 Å². The van der Waals surface area contributed by atoms with E-state index in [2.05, 4.69) is 4.74 Å². The number of likely N-dealkylation sites (N-methyl/N-ethyl adjacent to an activating group) is 1. The van der Waals surface area contributed by atoms with Gasteiger partial charge in [0.05, 0.1) is 34.3 Å². The number of nitrogens with zero attached hydrogens (tertiary/aromatic N) is 1. The van der Waals surface area contributed by atoms with Crippen molar-refractivity contribution in [2.75, 3.05) is 34.3 Å². The Hall–Kier alpha value is -0.740. The molecule has 14 heavy (non-hydrogen) atoms. The van der Waals surface area contributed by atoms with Crippen molar-refractivity contribution in [1.29, 1.82) is 0 Å². The topological polar surface area (TPSA) is 49.4 Å². The summed E-state index contributed by atoms with van der Waals surface area (Å²) in [5.41, 5.74) is 0. The average Bonchev–Trinajstić information content (AvgIpc) is 1.81. The standard InChI is InChI=1S/C9H17NO3.ClH/c1-5-13-9(12)6-8(11)7-10(2,3)4;/h6H,5,7H2,1-4H3;1H. The van der Waals surface area contributed by atoms with Gasteiger partial charge in [-0.2, -0.15) is 0 Å². The van der Waals surface area contributed by atoms with Crippen LogP contribution in [0, 0.1) is 0 Å². The molecule has 0 N–H and O–H groups in total. The van der Waals surface area contributed by atoms with Crippen LogP contribution in [0.4, 0.5) is 0 Å². The number of hydrogen-bond acceptors (Lipinski definition) is 3. The van der Waals surface area contributed by atoms with Crippen LogP contribution in [0.15, 0.2) is 11.8 Å². The van der Waals surface area contributed by atoms with E-state index in [-0.39, 0.29) is 18.2 Å². The molecular formula is C9H18ClNO3. The molecule has 84 valence electrons. The zero-order valence-corrected chi connectivity index (χ0v) is 9.89. The molecule has 0 radical (unpaired) electrons. The summed E-state index contributed by atoms with van der Waals surface area (Å²) >= 11 is 0. The van der Waals surface area contributed by atoms with Crippen molar-refractivity contribution in [2.45, 2.75) is 6.92 Å². The molecule has 0 aliphatic rings. The number of rotatable bonds is 4. The molecule has 0 atom stereocenters. The van der Waals surface area contributed by atoms with Gasteiger partial charge in [-0.05, 0) is 6.92 Å². The lowest BCUT2D eigenvalue weighted by Crippen LogP contribution is -2.39. The number of carbonyl (C=O) groups is 1. The third-order valence-electron chi connectivity index (χ3n) is 1.20. The van der Waals surface area contributed by atoms with Crippen LogP contribution < -0.4 is 5.11 Å². The van der Waals surface area contributed by atoms with Gasteiger partial charge in [0.2, 0.25) is 0 Å². The molecule has 0 saturated heterocycles. The SMILES string of the molecule is CCOC(=O)C=C([O-])C[N+](C)(C)C.Cl. The maximum Gasteiger partial charge on any atom is 0.330 e. The highest BCUT2D eigenvalue weighted by Gasteiger charge is 2.05. The van der Waals surface area contributed by atoms with Crippen LogP contribution in [0.1, 0.15) is 6.92 Å². The molecule has 0 amide bonds. The third-order valence-corrected chi connectivity index (χ3v) is 1.20. The van der Waals surface area contributed by atoms with Gasteiger partial charge in [-0.25, -0.2) is 4.79 Å². The second-order valence-electron chi connectivity index (χ2n) is 3.81. The molecule has 5 heteroatoms. The Morgan fingerprint density at radius 1 is 1.43 bits per heavy atom. The van der Waals surface area contributed by atoms with Crippen molar-refractivity contribution in [3.63, 3.8) is 0 Å². The van der Waals surface area contributed by atoms with E-state index in [9.17, 15) is 9.90 Å². The van der Waals surface area contributed by atoms with Crippen molar-refractivity contribution in [3.05, 3.63) is 11.8 Å². The minimum Gasteiger partial charge on any atom is -0.871 e. The van der Waals surface area contributed by atoms with E-state index < -0.39 is 5.97 Å². The largest absolute Gasteiger partial charge is 0.871 e. The van der Waals surface area contributed by atoms with E-state index in [4.69, 9.17) is 0 Å². The molecule has 0 saturated carbocycles. The number of ether oxygens (including phenoxy) is 1. The lowest BCUT2D eigenvalue weighted by Gasteiger charge is -2.27. The summed E-state index contributed by atoms with van der Waals surface area (Å²) < 4.78 is 5.11. The normalized spacial score (nSPS) is 11.9. The van der Waals surface area contributed by atoms with Gasteiger partial charge < -0.3 is 14.3 Å². The molecule has 0 spiro atoms. The van der Waals surface area contributed by atoms with Crippen LogP contribution in [0.5, 0.6) is 0 Å². The first kappa shape index (κ1) is 15.7. The first-order valence-corrected chi connectivity index (χ1v) is 4.20. The number of esters is 1. The lowest BCUT2D eigenvalue weighted by atomic mass is 10.4. The number of halogens is 1. The maximum atomic E-state index is 11.2. The first-order chi connectivity index (χ1) is 5.85. The van der Waals surface area contributed by atoms with Gasteiger partial charge in [0.25, 0.3) is 0 Å². The van der Waals surface area contributed by atoms with Gasteiger partial charge >= 0.3 is 5.97 Å². The molecule has 0 aromatic carbocycles. The van der Waals surface area contributed by atoms with Crippen molar-refractivity contribution >= 4 is 18.4 Å². The van der Waals surface area contributed by atoms with Crippen molar-refractivity contribution in [1.82, 2.24) is 0 Å². The Labute approximate surface area is 91.2 Å². The number of quaternary nitrogens is 1. The fraction of sp³-hybridized carbons (Fsp3) is 0.667. The van der Waals surface area contributed by atoms with Crippen LogP contribution >= 0.6 is 12.4 Å². The van der Waals surface area contributed by atoms with Crippen LogP contribution in [0.25, 0.3) is 0 Å². The molecule has 4 nitrogen and oxygen atoms in total. The smallest absolute Gasteiger partial charge is 0.330 e. The zero-order chi connectivity index (χ0) is 10.5. The van der Waals surface area contributed by atoms with Gasteiger partial charge in [0.15, 0.2) is 0 Å². The molecule has 0 aromatic heterocycles. The van der Waals surface area contributed by atoms with Crippen LogP contribution in [-0.4, -0.2) is 44.7 Å². The second-order valence-corrected chi connectivity index (χ2v) is 3.81. The summed E-state index contributed by atoms with van der Waals surface area (Å²) in [4.78, 5) is 10.8. The summed E-state index contributed by atoms with van der Waals surface area (Å²) in [6.45, 7) is 2.31. The number of hydrogen-bond donors (Lipinski definition) is 0. The predicted molar refractivity (Wildman–Crippen MR) is 54.9 cm³/mol. The second kappa shape index (κ2) is 6.68. The summed E-state index contributed by atoms with van der Waals surface area (Å²) in [6, 6.07) is 0. The van der Waals surface area contributed by atoms with Gasteiger partial charge in [-0.3, -0.25) is 0 Å².